The maximum atomic E-state index is 12.6. The van der Waals surface area contributed by atoms with E-state index in [2.05, 4.69) is 10.2 Å². The summed E-state index contributed by atoms with van der Waals surface area (Å²) in [6, 6.07) is 13.0. The molecule has 132 valence electrons. The molecule has 0 radical (unpaired) electrons. The molecule has 0 aromatic heterocycles. The van der Waals surface area contributed by atoms with Gasteiger partial charge in [-0.3, -0.25) is 9.69 Å². The third-order valence-corrected chi connectivity index (χ3v) is 5.37. The van der Waals surface area contributed by atoms with Crippen LogP contribution in [0.5, 0.6) is 0 Å². The molecule has 6 heteroatoms. The van der Waals surface area contributed by atoms with Crippen molar-refractivity contribution in [2.45, 2.75) is 19.4 Å². The molecule has 2 aromatic rings. The van der Waals surface area contributed by atoms with Gasteiger partial charge in [-0.15, -0.1) is 0 Å². The van der Waals surface area contributed by atoms with Gasteiger partial charge in [0.2, 0.25) is 5.91 Å². The van der Waals surface area contributed by atoms with E-state index in [4.69, 9.17) is 34.8 Å². The lowest BCUT2D eigenvalue weighted by molar-refractivity contribution is -0.121. The summed E-state index contributed by atoms with van der Waals surface area (Å²) in [5.41, 5.74) is 1.88. The summed E-state index contributed by atoms with van der Waals surface area (Å²) in [5.74, 6) is -0.00491. The lowest BCUT2D eigenvalue weighted by Crippen LogP contribution is -2.40. The first kappa shape index (κ1) is 18.5. The SMILES string of the molecule is O=C(Nc1ccc(Cl)c(Cl)c1)[C@@H]1CCCN(Cc2ccc(Cl)cc2)C1. The van der Waals surface area contributed by atoms with E-state index in [1.54, 1.807) is 18.2 Å². The summed E-state index contributed by atoms with van der Waals surface area (Å²) in [5, 5.41) is 4.60. The number of anilines is 1. The van der Waals surface area contributed by atoms with Crippen LogP contribution in [-0.2, 0) is 11.3 Å². The van der Waals surface area contributed by atoms with E-state index in [9.17, 15) is 4.79 Å². The Morgan fingerprint density at radius 1 is 1.08 bits per heavy atom. The highest BCUT2D eigenvalue weighted by molar-refractivity contribution is 6.42. The maximum absolute atomic E-state index is 12.6. The van der Waals surface area contributed by atoms with Crippen molar-refractivity contribution in [1.29, 1.82) is 0 Å². The molecule has 1 amide bonds. The first-order valence-electron chi connectivity index (χ1n) is 8.24. The highest BCUT2D eigenvalue weighted by Gasteiger charge is 2.26. The van der Waals surface area contributed by atoms with Gasteiger partial charge in [0.25, 0.3) is 0 Å². The molecule has 2 aromatic carbocycles. The van der Waals surface area contributed by atoms with Crippen LogP contribution in [0.1, 0.15) is 18.4 Å². The smallest absolute Gasteiger partial charge is 0.228 e. The van der Waals surface area contributed by atoms with Gasteiger partial charge in [-0.25, -0.2) is 0 Å². The zero-order valence-electron chi connectivity index (χ0n) is 13.6. The van der Waals surface area contributed by atoms with E-state index in [0.29, 0.717) is 15.7 Å². The molecular formula is C19H19Cl3N2O. The fraction of sp³-hybridized carbons (Fsp3) is 0.316. The number of hydrogen-bond acceptors (Lipinski definition) is 2. The Balaban J connectivity index is 1.59. The van der Waals surface area contributed by atoms with E-state index in [1.165, 1.54) is 5.56 Å². The number of nitrogens with one attached hydrogen (secondary N) is 1. The predicted octanol–water partition coefficient (Wildman–Crippen LogP) is 5.50. The van der Waals surface area contributed by atoms with Crippen LogP contribution in [0.15, 0.2) is 42.5 Å². The third-order valence-electron chi connectivity index (χ3n) is 4.38. The first-order valence-corrected chi connectivity index (χ1v) is 9.37. The molecule has 1 N–H and O–H groups in total. The van der Waals surface area contributed by atoms with Gasteiger partial charge < -0.3 is 5.32 Å². The summed E-state index contributed by atoms with van der Waals surface area (Å²) in [6.07, 6.45) is 1.90. The minimum Gasteiger partial charge on any atom is -0.326 e. The Morgan fingerprint density at radius 3 is 2.56 bits per heavy atom. The molecule has 0 bridgehead atoms. The van der Waals surface area contributed by atoms with E-state index in [0.717, 1.165) is 37.5 Å². The van der Waals surface area contributed by atoms with Crippen molar-refractivity contribution in [3.8, 4) is 0 Å². The van der Waals surface area contributed by atoms with Gasteiger partial charge in [-0.1, -0.05) is 46.9 Å². The van der Waals surface area contributed by atoms with Crippen LogP contribution in [0, 0.1) is 5.92 Å². The van der Waals surface area contributed by atoms with Crippen molar-refractivity contribution < 1.29 is 4.79 Å². The molecule has 1 heterocycles. The predicted molar refractivity (Wildman–Crippen MR) is 105 cm³/mol. The molecule has 0 aliphatic carbocycles. The average Bonchev–Trinajstić information content (AvgIpc) is 2.60. The number of likely N-dealkylation sites (tertiary alicyclic amines) is 1. The van der Waals surface area contributed by atoms with Crippen molar-refractivity contribution in [2.75, 3.05) is 18.4 Å². The molecule has 1 saturated heterocycles. The Labute approximate surface area is 162 Å². The number of rotatable bonds is 4. The number of nitrogens with zero attached hydrogens (tertiary/aromatic N) is 1. The van der Waals surface area contributed by atoms with Crippen LogP contribution in [0.2, 0.25) is 15.1 Å². The Bertz CT molecular complexity index is 749. The van der Waals surface area contributed by atoms with Crippen LogP contribution in [0.3, 0.4) is 0 Å². The van der Waals surface area contributed by atoms with E-state index < -0.39 is 0 Å². The van der Waals surface area contributed by atoms with Crippen LogP contribution in [0.25, 0.3) is 0 Å². The molecule has 0 saturated carbocycles. The van der Waals surface area contributed by atoms with Crippen molar-refractivity contribution >= 4 is 46.4 Å². The van der Waals surface area contributed by atoms with Gasteiger partial charge in [0.1, 0.15) is 0 Å². The average molecular weight is 398 g/mol. The molecule has 1 fully saturated rings. The lowest BCUT2D eigenvalue weighted by Gasteiger charge is -2.32. The van der Waals surface area contributed by atoms with Crippen molar-refractivity contribution in [3.63, 3.8) is 0 Å². The minimum absolute atomic E-state index is 0.0270. The van der Waals surface area contributed by atoms with E-state index in [-0.39, 0.29) is 11.8 Å². The van der Waals surface area contributed by atoms with Gasteiger partial charge in [-0.2, -0.15) is 0 Å². The quantitative estimate of drug-likeness (QED) is 0.739. The van der Waals surface area contributed by atoms with Crippen molar-refractivity contribution in [1.82, 2.24) is 4.90 Å². The second-order valence-electron chi connectivity index (χ2n) is 6.32. The highest BCUT2D eigenvalue weighted by atomic mass is 35.5. The molecule has 1 aliphatic rings. The molecule has 3 rings (SSSR count). The number of hydrogen-bond donors (Lipinski definition) is 1. The maximum Gasteiger partial charge on any atom is 0.228 e. The number of amides is 1. The number of benzene rings is 2. The van der Waals surface area contributed by atoms with E-state index >= 15 is 0 Å². The summed E-state index contributed by atoms with van der Waals surface area (Å²) in [4.78, 5) is 14.9. The normalized spacial score (nSPS) is 18.1. The number of carbonyl (C=O) groups is 1. The second-order valence-corrected chi connectivity index (χ2v) is 7.57. The molecule has 1 aliphatic heterocycles. The van der Waals surface area contributed by atoms with E-state index in [1.807, 2.05) is 24.3 Å². The summed E-state index contributed by atoms with van der Waals surface area (Å²) >= 11 is 17.9. The van der Waals surface area contributed by atoms with Crippen LogP contribution in [-0.4, -0.2) is 23.9 Å². The van der Waals surface area contributed by atoms with Crippen LogP contribution < -0.4 is 5.32 Å². The van der Waals surface area contributed by atoms with Gasteiger partial charge in [0.05, 0.1) is 16.0 Å². The van der Waals surface area contributed by atoms with Crippen molar-refractivity contribution in [3.05, 3.63) is 63.1 Å². The lowest BCUT2D eigenvalue weighted by atomic mass is 9.96. The fourth-order valence-corrected chi connectivity index (χ4v) is 3.50. The summed E-state index contributed by atoms with van der Waals surface area (Å²) < 4.78 is 0. The topological polar surface area (TPSA) is 32.3 Å². The molecule has 0 spiro atoms. The first-order chi connectivity index (χ1) is 12.0. The Hall–Kier alpha value is -1.26. The number of carbonyl (C=O) groups excluding carboxylic acids is 1. The molecule has 25 heavy (non-hydrogen) atoms. The second kappa shape index (κ2) is 8.41. The van der Waals surface area contributed by atoms with Gasteiger partial charge in [-0.05, 0) is 55.3 Å². The fourth-order valence-electron chi connectivity index (χ4n) is 3.08. The minimum atomic E-state index is -0.0319. The van der Waals surface area contributed by atoms with Crippen LogP contribution in [0.4, 0.5) is 5.69 Å². The number of piperidine rings is 1. The van der Waals surface area contributed by atoms with Crippen molar-refractivity contribution in [2.24, 2.45) is 5.92 Å². The molecular weight excluding hydrogens is 379 g/mol. The Kier molecular flexibility index (Phi) is 6.24. The summed E-state index contributed by atoms with van der Waals surface area (Å²) in [7, 11) is 0. The largest absolute Gasteiger partial charge is 0.326 e. The molecule has 0 unspecified atom stereocenters. The van der Waals surface area contributed by atoms with Gasteiger partial charge >= 0.3 is 0 Å². The monoisotopic (exact) mass is 396 g/mol. The molecule has 3 nitrogen and oxygen atoms in total. The standard InChI is InChI=1S/C19H19Cl3N2O/c20-15-5-3-13(4-6-15)11-24-9-1-2-14(12-24)19(25)23-16-7-8-17(21)18(22)10-16/h3-8,10,14H,1-2,9,11-12H2,(H,23,25)/t14-/m1/s1. The third kappa shape index (κ3) is 5.11. The highest BCUT2D eigenvalue weighted by Crippen LogP contribution is 2.26. The zero-order chi connectivity index (χ0) is 17.8. The Morgan fingerprint density at radius 2 is 1.84 bits per heavy atom. The number of halogens is 3. The van der Waals surface area contributed by atoms with Gasteiger partial charge in [0.15, 0.2) is 0 Å². The van der Waals surface area contributed by atoms with Gasteiger partial charge in [0, 0.05) is 23.8 Å². The van der Waals surface area contributed by atoms with Crippen LogP contribution >= 0.6 is 34.8 Å². The summed E-state index contributed by atoms with van der Waals surface area (Å²) in [6.45, 7) is 2.57. The molecule has 1 atom stereocenters. The zero-order valence-corrected chi connectivity index (χ0v) is 15.9.